The van der Waals surface area contributed by atoms with Gasteiger partial charge in [0.05, 0.1) is 17.6 Å². The fourth-order valence-corrected chi connectivity index (χ4v) is 3.60. The maximum absolute atomic E-state index is 12.7. The number of aromatic hydroxyl groups is 1. The number of likely N-dealkylation sites (N-methyl/N-ethyl adjacent to an activating group) is 1. The lowest BCUT2D eigenvalue weighted by Crippen LogP contribution is -2.44. The molecule has 1 aliphatic carbocycles. The zero-order valence-electron chi connectivity index (χ0n) is 15.0. The molecule has 0 radical (unpaired) electrons. The summed E-state index contributed by atoms with van der Waals surface area (Å²) >= 11 is 0. The van der Waals surface area contributed by atoms with E-state index >= 15 is 0 Å². The molecular formula is C21H23N3O2. The molecule has 0 unspecified atom stereocenters. The number of aryl methyl sites for hydroxylation is 1. The highest BCUT2D eigenvalue weighted by Crippen LogP contribution is 2.29. The lowest BCUT2D eigenvalue weighted by atomic mass is 9.86. The molecule has 26 heavy (non-hydrogen) atoms. The molecule has 5 heteroatoms. The number of hydrogen-bond acceptors (Lipinski definition) is 5. The van der Waals surface area contributed by atoms with E-state index in [9.17, 15) is 9.90 Å². The molecule has 1 fully saturated rings. The second-order valence-electron chi connectivity index (χ2n) is 7.07. The van der Waals surface area contributed by atoms with Crippen LogP contribution in [-0.4, -0.2) is 54.0 Å². The first kappa shape index (κ1) is 16.8. The van der Waals surface area contributed by atoms with Gasteiger partial charge in [0.1, 0.15) is 5.75 Å². The monoisotopic (exact) mass is 349 g/mol. The number of piperazine rings is 1. The first-order valence-corrected chi connectivity index (χ1v) is 9.07. The van der Waals surface area contributed by atoms with E-state index in [0.717, 1.165) is 55.1 Å². The van der Waals surface area contributed by atoms with Crippen molar-refractivity contribution < 1.29 is 9.90 Å². The molecule has 1 aliphatic heterocycles. The number of carbonyl (C=O) groups is 1. The average molecular weight is 349 g/mol. The van der Waals surface area contributed by atoms with Crippen LogP contribution in [0.4, 0.5) is 5.69 Å². The number of phenolic OH excluding ortho intramolecular Hbond substituents is 1. The third-order valence-electron chi connectivity index (χ3n) is 5.25. The van der Waals surface area contributed by atoms with Crippen LogP contribution in [0.5, 0.6) is 5.75 Å². The number of anilines is 1. The van der Waals surface area contributed by atoms with Crippen molar-refractivity contribution in [1.29, 1.82) is 0 Å². The number of nitrogens with zero attached hydrogens (tertiary/aromatic N) is 3. The van der Waals surface area contributed by atoms with Gasteiger partial charge in [-0.1, -0.05) is 6.07 Å². The zero-order chi connectivity index (χ0) is 18.1. The Morgan fingerprint density at radius 1 is 1.08 bits per heavy atom. The zero-order valence-corrected chi connectivity index (χ0v) is 15.0. The molecule has 2 heterocycles. The summed E-state index contributed by atoms with van der Waals surface area (Å²) in [6.45, 7) is 4.15. The highest BCUT2D eigenvalue weighted by molar-refractivity contribution is 6.13. The average Bonchev–Trinajstić information content (AvgIpc) is 2.66. The minimum absolute atomic E-state index is 0.00732. The number of fused-ring (bicyclic) bond motifs is 1. The van der Waals surface area contributed by atoms with Crippen molar-refractivity contribution in [3.05, 3.63) is 58.9 Å². The summed E-state index contributed by atoms with van der Waals surface area (Å²) in [5.74, 6) is 0.125. The molecule has 4 rings (SSSR count). The van der Waals surface area contributed by atoms with E-state index in [4.69, 9.17) is 0 Å². The van der Waals surface area contributed by atoms with E-state index in [1.807, 2.05) is 24.4 Å². The van der Waals surface area contributed by atoms with Crippen molar-refractivity contribution in [2.24, 2.45) is 0 Å². The summed E-state index contributed by atoms with van der Waals surface area (Å²) in [5, 5.41) is 9.66. The number of pyridine rings is 1. The maximum atomic E-state index is 12.7. The lowest BCUT2D eigenvalue weighted by molar-refractivity contribution is 0.102. The first-order chi connectivity index (χ1) is 12.6. The second-order valence-corrected chi connectivity index (χ2v) is 7.07. The SMILES string of the molecule is CN1CCN(c2ccc(/C=C3\CCc4ccc(O)cc4C3=O)nc2)CC1. The Labute approximate surface area is 153 Å². The molecule has 2 aliphatic rings. The summed E-state index contributed by atoms with van der Waals surface area (Å²) in [5.41, 5.74) is 4.29. The number of ketones is 1. The van der Waals surface area contributed by atoms with Crippen LogP contribution >= 0.6 is 0 Å². The van der Waals surface area contributed by atoms with Gasteiger partial charge in [-0.25, -0.2) is 0 Å². The quantitative estimate of drug-likeness (QED) is 0.845. The Kier molecular flexibility index (Phi) is 4.47. The summed E-state index contributed by atoms with van der Waals surface area (Å²) in [7, 11) is 2.14. The molecule has 0 atom stereocenters. The largest absolute Gasteiger partial charge is 0.508 e. The number of carbonyl (C=O) groups excluding carboxylic acids is 1. The fraction of sp³-hybridized carbons (Fsp3) is 0.333. The molecule has 0 spiro atoms. The number of aromatic nitrogens is 1. The van der Waals surface area contributed by atoms with Crippen LogP contribution in [0.3, 0.4) is 0 Å². The number of benzene rings is 1. The van der Waals surface area contributed by atoms with Gasteiger partial charge in [0.15, 0.2) is 5.78 Å². The number of rotatable bonds is 2. The normalized spacial score (nSPS) is 19.7. The van der Waals surface area contributed by atoms with Gasteiger partial charge < -0.3 is 14.9 Å². The summed E-state index contributed by atoms with van der Waals surface area (Å²) in [6.07, 6.45) is 5.29. The van der Waals surface area contributed by atoms with Gasteiger partial charge in [0.25, 0.3) is 0 Å². The molecule has 2 aromatic rings. The van der Waals surface area contributed by atoms with E-state index < -0.39 is 0 Å². The molecule has 1 aromatic carbocycles. The predicted octanol–water partition coefficient (Wildman–Crippen LogP) is 2.75. The molecule has 0 saturated carbocycles. The summed E-state index contributed by atoms with van der Waals surface area (Å²) in [4.78, 5) is 21.9. The Morgan fingerprint density at radius 2 is 1.88 bits per heavy atom. The van der Waals surface area contributed by atoms with Gasteiger partial charge >= 0.3 is 0 Å². The third kappa shape index (κ3) is 3.35. The number of hydrogen-bond donors (Lipinski definition) is 1. The first-order valence-electron chi connectivity index (χ1n) is 9.07. The van der Waals surface area contributed by atoms with E-state index in [2.05, 4.69) is 27.9 Å². The minimum atomic E-state index is -0.00732. The van der Waals surface area contributed by atoms with Gasteiger partial charge in [-0.05, 0) is 55.8 Å². The molecular weight excluding hydrogens is 326 g/mol. The van der Waals surface area contributed by atoms with Gasteiger partial charge in [-0.3, -0.25) is 9.78 Å². The molecule has 134 valence electrons. The van der Waals surface area contributed by atoms with E-state index in [-0.39, 0.29) is 11.5 Å². The van der Waals surface area contributed by atoms with Crippen LogP contribution in [0, 0.1) is 0 Å². The lowest BCUT2D eigenvalue weighted by Gasteiger charge is -2.33. The number of Topliss-reactive ketones (excluding diaryl/α,β-unsaturated/α-hetero) is 1. The van der Waals surface area contributed by atoms with Crippen molar-refractivity contribution in [3.63, 3.8) is 0 Å². The van der Waals surface area contributed by atoms with Crippen LogP contribution in [-0.2, 0) is 6.42 Å². The smallest absolute Gasteiger partial charge is 0.189 e. The number of phenols is 1. The highest BCUT2D eigenvalue weighted by Gasteiger charge is 2.22. The summed E-state index contributed by atoms with van der Waals surface area (Å²) < 4.78 is 0. The predicted molar refractivity (Wildman–Crippen MR) is 103 cm³/mol. The van der Waals surface area contributed by atoms with Crippen LogP contribution in [0.15, 0.2) is 42.1 Å². The summed E-state index contributed by atoms with van der Waals surface area (Å²) in [6, 6.07) is 9.10. The number of allylic oxidation sites excluding steroid dienone is 1. The Morgan fingerprint density at radius 3 is 2.62 bits per heavy atom. The van der Waals surface area contributed by atoms with E-state index in [1.165, 1.54) is 0 Å². The topological polar surface area (TPSA) is 56.7 Å². The third-order valence-corrected chi connectivity index (χ3v) is 5.25. The highest BCUT2D eigenvalue weighted by atomic mass is 16.3. The maximum Gasteiger partial charge on any atom is 0.189 e. The standard InChI is InChI=1S/C21H23N3O2/c1-23-8-10-24(11-9-23)18-6-5-17(22-14-18)12-16-3-2-15-4-7-19(25)13-20(15)21(16)26/h4-7,12-14,25H,2-3,8-11H2,1H3/b16-12+. The van der Waals surface area contributed by atoms with Crippen molar-refractivity contribution in [2.45, 2.75) is 12.8 Å². The van der Waals surface area contributed by atoms with Crippen molar-refractivity contribution in [1.82, 2.24) is 9.88 Å². The van der Waals surface area contributed by atoms with E-state index in [0.29, 0.717) is 12.0 Å². The van der Waals surface area contributed by atoms with Crippen molar-refractivity contribution >= 4 is 17.5 Å². The van der Waals surface area contributed by atoms with Crippen LogP contribution in [0.25, 0.3) is 6.08 Å². The Balaban J connectivity index is 1.52. The van der Waals surface area contributed by atoms with Gasteiger partial charge in [0.2, 0.25) is 0 Å². The van der Waals surface area contributed by atoms with Crippen LogP contribution in [0.1, 0.15) is 28.0 Å². The molecule has 1 aromatic heterocycles. The van der Waals surface area contributed by atoms with Crippen LogP contribution < -0.4 is 4.90 Å². The van der Waals surface area contributed by atoms with E-state index in [1.54, 1.807) is 12.1 Å². The van der Waals surface area contributed by atoms with Gasteiger partial charge in [0, 0.05) is 37.3 Å². The molecule has 0 amide bonds. The molecule has 1 saturated heterocycles. The minimum Gasteiger partial charge on any atom is -0.508 e. The Hall–Kier alpha value is -2.66. The molecule has 5 nitrogen and oxygen atoms in total. The van der Waals surface area contributed by atoms with Gasteiger partial charge in [-0.2, -0.15) is 0 Å². The molecule has 1 N–H and O–H groups in total. The fourth-order valence-electron chi connectivity index (χ4n) is 3.60. The second kappa shape index (κ2) is 6.92. The van der Waals surface area contributed by atoms with Crippen molar-refractivity contribution in [2.75, 3.05) is 38.1 Å². The van der Waals surface area contributed by atoms with Gasteiger partial charge in [-0.15, -0.1) is 0 Å². The Bertz CT molecular complexity index is 850. The molecule has 0 bridgehead atoms. The van der Waals surface area contributed by atoms with Crippen LogP contribution in [0.2, 0.25) is 0 Å². The van der Waals surface area contributed by atoms with Crippen molar-refractivity contribution in [3.8, 4) is 5.75 Å².